The van der Waals surface area contributed by atoms with Gasteiger partial charge in [-0.2, -0.15) is 5.10 Å². The van der Waals surface area contributed by atoms with Gasteiger partial charge in [-0.15, -0.1) is 0 Å². The van der Waals surface area contributed by atoms with E-state index in [-0.39, 0.29) is 12.3 Å². The molecule has 0 atom stereocenters. The van der Waals surface area contributed by atoms with Crippen molar-refractivity contribution in [1.29, 1.82) is 0 Å². The van der Waals surface area contributed by atoms with Crippen LogP contribution in [0.3, 0.4) is 0 Å². The zero-order valence-corrected chi connectivity index (χ0v) is 15.8. The summed E-state index contributed by atoms with van der Waals surface area (Å²) in [5.41, 5.74) is 4.18. The van der Waals surface area contributed by atoms with Crippen LogP contribution < -0.4 is 15.6 Å². The minimum Gasteiger partial charge on any atom is -0.290 e. The predicted molar refractivity (Wildman–Crippen MR) is 102 cm³/mol. The Morgan fingerprint density at radius 2 is 2.04 bits per heavy atom. The maximum Gasteiger partial charge on any atom is 0.266 e. The van der Waals surface area contributed by atoms with E-state index >= 15 is 0 Å². The Balaban J connectivity index is 2.04. The first-order valence-corrected chi connectivity index (χ1v) is 9.85. The molecular formula is C17H20N6O3S. The number of nitrogen functional groups attached to an aromatic ring is 1. The lowest BCUT2D eigenvalue weighted by Crippen LogP contribution is -2.32. The molecule has 0 aliphatic rings. The maximum absolute atomic E-state index is 12.8. The SMILES string of the molecule is CCS(=O)(=O)N(Cc1ccc(C(=O)NN)cn1)c1cccc2c1cnn2C. The highest BCUT2D eigenvalue weighted by molar-refractivity contribution is 7.92. The number of hydrogen-bond acceptors (Lipinski definition) is 6. The number of anilines is 1. The minimum atomic E-state index is -3.57. The summed E-state index contributed by atoms with van der Waals surface area (Å²) in [4.78, 5) is 15.7. The third-order valence-corrected chi connectivity index (χ3v) is 5.99. The fourth-order valence-corrected chi connectivity index (χ4v) is 3.85. The van der Waals surface area contributed by atoms with Crippen LogP contribution in [0, 0.1) is 0 Å². The number of aromatic nitrogens is 3. The first-order valence-electron chi connectivity index (χ1n) is 8.24. The second-order valence-electron chi connectivity index (χ2n) is 5.90. The number of benzene rings is 1. The number of pyridine rings is 1. The summed E-state index contributed by atoms with van der Waals surface area (Å²) in [6, 6.07) is 8.56. The first-order chi connectivity index (χ1) is 12.9. The molecule has 0 aliphatic carbocycles. The molecular weight excluding hydrogens is 368 g/mol. The van der Waals surface area contributed by atoms with E-state index in [2.05, 4.69) is 10.1 Å². The molecule has 2 heterocycles. The van der Waals surface area contributed by atoms with Crippen molar-refractivity contribution in [2.75, 3.05) is 10.1 Å². The summed E-state index contributed by atoms with van der Waals surface area (Å²) in [5.74, 6) is 4.58. The van der Waals surface area contributed by atoms with Gasteiger partial charge >= 0.3 is 0 Å². The van der Waals surface area contributed by atoms with E-state index in [1.165, 1.54) is 10.5 Å². The summed E-state index contributed by atoms with van der Waals surface area (Å²) in [6.45, 7) is 1.63. The van der Waals surface area contributed by atoms with Crippen molar-refractivity contribution in [2.45, 2.75) is 13.5 Å². The number of amides is 1. The Morgan fingerprint density at radius 1 is 1.26 bits per heavy atom. The fourth-order valence-electron chi connectivity index (χ4n) is 2.75. The van der Waals surface area contributed by atoms with Crippen molar-refractivity contribution in [3.8, 4) is 0 Å². The quantitative estimate of drug-likeness (QED) is 0.368. The Labute approximate surface area is 156 Å². The number of carbonyl (C=O) groups excluding carboxylic acids is 1. The minimum absolute atomic E-state index is 0.0364. The normalized spacial score (nSPS) is 11.5. The molecule has 0 saturated heterocycles. The number of rotatable bonds is 6. The average Bonchev–Trinajstić information content (AvgIpc) is 3.07. The number of hydrazine groups is 1. The van der Waals surface area contributed by atoms with Crippen LogP contribution in [0.2, 0.25) is 0 Å². The summed E-state index contributed by atoms with van der Waals surface area (Å²) in [7, 11) is -1.77. The molecule has 0 spiro atoms. The van der Waals surface area contributed by atoms with E-state index in [1.807, 2.05) is 11.5 Å². The lowest BCUT2D eigenvalue weighted by molar-refractivity contribution is 0.0953. The van der Waals surface area contributed by atoms with Crippen LogP contribution in [-0.4, -0.2) is 34.8 Å². The standard InChI is InChI=1S/C17H20N6O3S/c1-3-27(25,26)23(11-13-8-7-12(9-19-13)17(24)21-18)16-6-4-5-15-14(16)10-20-22(15)2/h4-10H,3,11,18H2,1-2H3,(H,21,24). The largest absolute Gasteiger partial charge is 0.290 e. The van der Waals surface area contributed by atoms with Gasteiger partial charge in [-0.3, -0.25) is 24.2 Å². The van der Waals surface area contributed by atoms with E-state index < -0.39 is 15.9 Å². The number of fused-ring (bicyclic) bond motifs is 1. The topological polar surface area (TPSA) is 123 Å². The number of nitrogens with one attached hydrogen (secondary N) is 1. The molecule has 9 nitrogen and oxygen atoms in total. The van der Waals surface area contributed by atoms with Crippen molar-refractivity contribution >= 4 is 32.5 Å². The molecule has 3 aromatic rings. The summed E-state index contributed by atoms with van der Waals surface area (Å²) in [6.07, 6.45) is 3.00. The smallest absolute Gasteiger partial charge is 0.266 e. The summed E-state index contributed by atoms with van der Waals surface area (Å²) >= 11 is 0. The van der Waals surface area contributed by atoms with Crippen LogP contribution in [0.25, 0.3) is 10.9 Å². The van der Waals surface area contributed by atoms with Crippen molar-refractivity contribution in [3.05, 3.63) is 54.0 Å². The van der Waals surface area contributed by atoms with Gasteiger partial charge < -0.3 is 0 Å². The monoisotopic (exact) mass is 388 g/mol. The summed E-state index contributed by atoms with van der Waals surface area (Å²) < 4.78 is 28.5. The second-order valence-corrected chi connectivity index (χ2v) is 8.08. The zero-order valence-electron chi connectivity index (χ0n) is 15.0. The van der Waals surface area contributed by atoms with Crippen molar-refractivity contribution in [3.63, 3.8) is 0 Å². The number of nitrogens with two attached hydrogens (primary N) is 1. The van der Waals surface area contributed by atoms with E-state index in [0.717, 1.165) is 10.9 Å². The highest BCUT2D eigenvalue weighted by Gasteiger charge is 2.24. The van der Waals surface area contributed by atoms with Crippen LogP contribution in [0.4, 0.5) is 5.69 Å². The van der Waals surface area contributed by atoms with Gasteiger partial charge in [-0.1, -0.05) is 6.07 Å². The van der Waals surface area contributed by atoms with Crippen LogP contribution in [-0.2, 0) is 23.6 Å². The number of hydrogen-bond donors (Lipinski definition) is 2. The maximum atomic E-state index is 12.8. The number of aryl methyl sites for hydroxylation is 1. The van der Waals surface area contributed by atoms with Crippen molar-refractivity contribution < 1.29 is 13.2 Å². The third kappa shape index (κ3) is 3.62. The molecule has 3 N–H and O–H groups in total. The van der Waals surface area contributed by atoms with E-state index in [4.69, 9.17) is 5.84 Å². The molecule has 0 saturated carbocycles. The van der Waals surface area contributed by atoms with Gasteiger partial charge in [0.1, 0.15) is 0 Å². The van der Waals surface area contributed by atoms with Gasteiger partial charge in [-0.05, 0) is 31.2 Å². The molecule has 1 aromatic carbocycles. The Hall–Kier alpha value is -2.98. The molecule has 0 bridgehead atoms. The van der Waals surface area contributed by atoms with Gasteiger partial charge in [0.25, 0.3) is 5.91 Å². The number of carbonyl (C=O) groups is 1. The lowest BCUT2D eigenvalue weighted by atomic mass is 10.2. The molecule has 3 rings (SSSR count). The average molecular weight is 388 g/mol. The van der Waals surface area contributed by atoms with Gasteiger partial charge in [-0.25, -0.2) is 14.3 Å². The van der Waals surface area contributed by atoms with Crippen LogP contribution in [0.1, 0.15) is 23.0 Å². The molecule has 142 valence electrons. The molecule has 0 aliphatic heterocycles. The third-order valence-electron chi connectivity index (χ3n) is 4.26. The Bertz CT molecular complexity index is 1080. The fraction of sp³-hybridized carbons (Fsp3) is 0.235. The van der Waals surface area contributed by atoms with Gasteiger partial charge in [0.05, 0.1) is 41.0 Å². The van der Waals surface area contributed by atoms with E-state index in [9.17, 15) is 13.2 Å². The highest BCUT2D eigenvalue weighted by atomic mass is 32.2. The highest BCUT2D eigenvalue weighted by Crippen LogP contribution is 2.29. The summed E-state index contributed by atoms with van der Waals surface area (Å²) in [5, 5.41) is 4.95. The van der Waals surface area contributed by atoms with Crippen LogP contribution in [0.15, 0.2) is 42.7 Å². The molecule has 27 heavy (non-hydrogen) atoms. The molecule has 2 aromatic heterocycles. The van der Waals surface area contributed by atoms with Gasteiger partial charge in [0.2, 0.25) is 10.0 Å². The second kappa shape index (κ2) is 7.33. The Kier molecular flexibility index (Phi) is 5.10. The van der Waals surface area contributed by atoms with E-state index in [0.29, 0.717) is 16.9 Å². The molecule has 0 radical (unpaired) electrons. The van der Waals surface area contributed by atoms with E-state index in [1.54, 1.807) is 49.1 Å². The van der Waals surface area contributed by atoms with Crippen molar-refractivity contribution in [1.82, 2.24) is 20.2 Å². The van der Waals surface area contributed by atoms with Crippen LogP contribution in [0.5, 0.6) is 0 Å². The number of nitrogens with zero attached hydrogens (tertiary/aromatic N) is 4. The molecule has 0 unspecified atom stereocenters. The van der Waals surface area contributed by atoms with Crippen molar-refractivity contribution in [2.24, 2.45) is 12.9 Å². The lowest BCUT2D eigenvalue weighted by Gasteiger charge is -2.24. The molecule has 0 fully saturated rings. The molecule has 10 heteroatoms. The van der Waals surface area contributed by atoms with Crippen LogP contribution >= 0.6 is 0 Å². The first kappa shape index (κ1) is 18.8. The Morgan fingerprint density at radius 3 is 2.67 bits per heavy atom. The number of sulfonamides is 1. The molecule has 1 amide bonds. The predicted octanol–water partition coefficient (Wildman–Crippen LogP) is 0.928. The van der Waals surface area contributed by atoms with Gasteiger partial charge in [0, 0.05) is 18.6 Å². The zero-order chi connectivity index (χ0) is 19.6. The van der Waals surface area contributed by atoms with Gasteiger partial charge in [0.15, 0.2) is 0 Å².